The van der Waals surface area contributed by atoms with Gasteiger partial charge in [-0.25, -0.2) is 0 Å². The highest BCUT2D eigenvalue weighted by atomic mass is 14.2. The molecule has 0 heterocycles. The molecule has 48 heavy (non-hydrogen) atoms. The first kappa shape index (κ1) is 26.9. The zero-order chi connectivity index (χ0) is 31.6. The molecule has 0 saturated heterocycles. The predicted octanol–water partition coefficient (Wildman–Crippen LogP) is 13.6. The molecule has 10 aromatic rings. The SMILES string of the molecule is c1cc(-c2ccc3ccccc3c2)cc(-c2c3ccccc3c(-c3cc4ccccc4c4ccccc34)c3ccc4ccccc4c23)c1. The van der Waals surface area contributed by atoms with E-state index in [0.29, 0.717) is 0 Å². The summed E-state index contributed by atoms with van der Waals surface area (Å²) in [5, 5.41) is 15.3. The lowest BCUT2D eigenvalue weighted by atomic mass is 9.82. The second kappa shape index (κ2) is 10.7. The van der Waals surface area contributed by atoms with E-state index in [4.69, 9.17) is 0 Å². The van der Waals surface area contributed by atoms with Crippen molar-refractivity contribution in [2.75, 3.05) is 0 Å². The Labute approximate surface area is 279 Å². The average molecular weight is 607 g/mol. The zero-order valence-corrected chi connectivity index (χ0v) is 26.3. The summed E-state index contributed by atoms with van der Waals surface area (Å²) in [4.78, 5) is 0. The fraction of sp³-hybridized carbons (Fsp3) is 0. The van der Waals surface area contributed by atoms with Crippen molar-refractivity contribution in [1.82, 2.24) is 0 Å². The molecule has 0 heteroatoms. The molecule has 0 unspecified atom stereocenters. The molecule has 0 aliphatic carbocycles. The van der Waals surface area contributed by atoms with Crippen LogP contribution in [0, 0.1) is 0 Å². The van der Waals surface area contributed by atoms with Gasteiger partial charge in [0.15, 0.2) is 0 Å². The lowest BCUT2D eigenvalue weighted by molar-refractivity contribution is 1.63. The second-order valence-electron chi connectivity index (χ2n) is 12.8. The number of benzene rings is 10. The monoisotopic (exact) mass is 606 g/mol. The quantitative estimate of drug-likeness (QED) is 0.139. The van der Waals surface area contributed by atoms with Gasteiger partial charge in [-0.1, -0.05) is 164 Å². The summed E-state index contributed by atoms with van der Waals surface area (Å²) in [6.45, 7) is 0. The van der Waals surface area contributed by atoms with Gasteiger partial charge in [-0.15, -0.1) is 0 Å². The van der Waals surface area contributed by atoms with E-state index in [2.05, 4.69) is 182 Å². The summed E-state index contributed by atoms with van der Waals surface area (Å²) in [6.07, 6.45) is 0. The Balaban J connectivity index is 1.34. The molecular formula is C48H30. The van der Waals surface area contributed by atoms with Gasteiger partial charge in [0, 0.05) is 0 Å². The molecule has 0 aromatic heterocycles. The minimum atomic E-state index is 1.22. The van der Waals surface area contributed by atoms with Crippen LogP contribution in [0.15, 0.2) is 182 Å². The third kappa shape index (κ3) is 4.10. The van der Waals surface area contributed by atoms with E-state index in [1.165, 1.54) is 98.0 Å². The van der Waals surface area contributed by atoms with E-state index in [9.17, 15) is 0 Å². The van der Waals surface area contributed by atoms with Gasteiger partial charge in [-0.2, -0.15) is 0 Å². The van der Waals surface area contributed by atoms with Crippen LogP contribution in [0.5, 0.6) is 0 Å². The van der Waals surface area contributed by atoms with Crippen LogP contribution in [0.3, 0.4) is 0 Å². The van der Waals surface area contributed by atoms with Crippen LogP contribution in [0.1, 0.15) is 0 Å². The highest BCUT2D eigenvalue weighted by Gasteiger charge is 2.21. The molecule has 0 amide bonds. The molecule has 10 aromatic carbocycles. The van der Waals surface area contributed by atoms with Crippen molar-refractivity contribution >= 4 is 64.6 Å². The smallest absolute Gasteiger partial charge is 0.00141 e. The molecule has 0 spiro atoms. The standard InChI is InChI=1S/C48H30/c1-2-14-33-28-35(25-24-31(33)12-1)34-16-11-17-37(29-34)46-42-22-9-10-23-43(42)47(44-27-26-32-13-3-6-19-39(32)48(44)46)45-30-36-15-4-5-18-38(36)40-20-7-8-21-41(40)45/h1-30H. The molecule has 0 aliphatic heterocycles. The van der Waals surface area contributed by atoms with Crippen LogP contribution in [-0.2, 0) is 0 Å². The van der Waals surface area contributed by atoms with E-state index < -0.39 is 0 Å². The molecule has 0 N–H and O–H groups in total. The summed E-state index contributed by atoms with van der Waals surface area (Å²) in [5.41, 5.74) is 7.54. The number of fused-ring (bicyclic) bond motifs is 8. The first-order chi connectivity index (χ1) is 23.8. The van der Waals surface area contributed by atoms with Crippen molar-refractivity contribution in [1.29, 1.82) is 0 Å². The summed E-state index contributed by atoms with van der Waals surface area (Å²) < 4.78 is 0. The van der Waals surface area contributed by atoms with Crippen LogP contribution in [0.2, 0.25) is 0 Å². The van der Waals surface area contributed by atoms with Crippen LogP contribution >= 0.6 is 0 Å². The van der Waals surface area contributed by atoms with E-state index in [0.717, 1.165) is 0 Å². The highest BCUT2D eigenvalue weighted by molar-refractivity contribution is 6.30. The van der Waals surface area contributed by atoms with Crippen molar-refractivity contribution in [3.63, 3.8) is 0 Å². The minimum Gasteiger partial charge on any atom is -0.0616 e. The third-order valence-corrected chi connectivity index (χ3v) is 10.2. The highest BCUT2D eigenvalue weighted by Crippen LogP contribution is 2.48. The Morgan fingerprint density at radius 3 is 1.60 bits per heavy atom. The molecule has 0 atom stereocenters. The maximum atomic E-state index is 2.41. The topological polar surface area (TPSA) is 0 Å². The van der Waals surface area contributed by atoms with Gasteiger partial charge in [-0.05, 0) is 116 Å². The third-order valence-electron chi connectivity index (χ3n) is 10.2. The fourth-order valence-electron chi connectivity index (χ4n) is 8.02. The Hall–Kier alpha value is -6.24. The molecule has 222 valence electrons. The van der Waals surface area contributed by atoms with Gasteiger partial charge in [0.2, 0.25) is 0 Å². The lowest BCUT2D eigenvalue weighted by Crippen LogP contribution is -1.93. The molecule has 10 rings (SSSR count). The van der Waals surface area contributed by atoms with Gasteiger partial charge < -0.3 is 0 Å². The molecule has 0 aliphatic rings. The molecular weight excluding hydrogens is 577 g/mol. The number of rotatable bonds is 3. The Kier molecular flexibility index (Phi) is 5.98. The van der Waals surface area contributed by atoms with Crippen molar-refractivity contribution in [3.05, 3.63) is 182 Å². The average Bonchev–Trinajstić information content (AvgIpc) is 3.16. The zero-order valence-electron chi connectivity index (χ0n) is 26.3. The van der Waals surface area contributed by atoms with Crippen molar-refractivity contribution < 1.29 is 0 Å². The van der Waals surface area contributed by atoms with E-state index in [-0.39, 0.29) is 0 Å². The Bertz CT molecular complexity index is 2890. The molecule has 0 radical (unpaired) electrons. The van der Waals surface area contributed by atoms with Crippen LogP contribution < -0.4 is 0 Å². The summed E-state index contributed by atoms with van der Waals surface area (Å²) >= 11 is 0. The first-order valence-electron chi connectivity index (χ1n) is 16.7. The van der Waals surface area contributed by atoms with Crippen LogP contribution in [-0.4, -0.2) is 0 Å². The van der Waals surface area contributed by atoms with Gasteiger partial charge in [0.05, 0.1) is 0 Å². The minimum absolute atomic E-state index is 1.22. The second-order valence-corrected chi connectivity index (χ2v) is 12.8. The van der Waals surface area contributed by atoms with E-state index >= 15 is 0 Å². The number of hydrogen-bond donors (Lipinski definition) is 0. The van der Waals surface area contributed by atoms with E-state index in [1.807, 2.05) is 0 Å². The predicted molar refractivity (Wildman–Crippen MR) is 208 cm³/mol. The molecule has 0 nitrogen and oxygen atoms in total. The van der Waals surface area contributed by atoms with Crippen LogP contribution in [0.25, 0.3) is 98.0 Å². The van der Waals surface area contributed by atoms with Gasteiger partial charge >= 0.3 is 0 Å². The summed E-state index contributed by atoms with van der Waals surface area (Å²) in [6, 6.07) is 67.2. The molecule has 0 saturated carbocycles. The van der Waals surface area contributed by atoms with E-state index in [1.54, 1.807) is 0 Å². The van der Waals surface area contributed by atoms with Crippen molar-refractivity contribution in [2.24, 2.45) is 0 Å². The summed E-state index contributed by atoms with van der Waals surface area (Å²) in [7, 11) is 0. The normalized spacial score (nSPS) is 11.8. The van der Waals surface area contributed by atoms with Gasteiger partial charge in [-0.3, -0.25) is 0 Å². The van der Waals surface area contributed by atoms with Gasteiger partial charge in [0.1, 0.15) is 0 Å². The lowest BCUT2D eigenvalue weighted by Gasteiger charge is -2.21. The van der Waals surface area contributed by atoms with Crippen molar-refractivity contribution in [3.8, 4) is 33.4 Å². The fourth-order valence-corrected chi connectivity index (χ4v) is 8.02. The van der Waals surface area contributed by atoms with Gasteiger partial charge in [0.25, 0.3) is 0 Å². The maximum Gasteiger partial charge on any atom is -0.00141 e. The van der Waals surface area contributed by atoms with Crippen molar-refractivity contribution in [2.45, 2.75) is 0 Å². The largest absolute Gasteiger partial charge is 0.0616 e. The Morgan fingerprint density at radius 1 is 0.229 bits per heavy atom. The van der Waals surface area contributed by atoms with Crippen LogP contribution in [0.4, 0.5) is 0 Å². The summed E-state index contributed by atoms with van der Waals surface area (Å²) in [5.74, 6) is 0. The number of hydrogen-bond acceptors (Lipinski definition) is 0. The molecule has 0 bridgehead atoms. The molecule has 0 fully saturated rings. The maximum absolute atomic E-state index is 2.41. The Morgan fingerprint density at radius 2 is 0.792 bits per heavy atom. The first-order valence-corrected chi connectivity index (χ1v) is 16.7.